The molecule has 1 aliphatic rings. The molecule has 2 N–H and O–H groups in total. The Labute approximate surface area is 254 Å². The van der Waals surface area contributed by atoms with Crippen LogP contribution < -0.4 is 20.1 Å². The van der Waals surface area contributed by atoms with Crippen molar-refractivity contribution in [2.75, 3.05) is 6.54 Å². The number of nitrogens with one attached hydrogen (secondary N) is 2. The van der Waals surface area contributed by atoms with Crippen molar-refractivity contribution in [3.63, 3.8) is 0 Å². The van der Waals surface area contributed by atoms with E-state index < -0.39 is 12.2 Å². The Hall–Kier alpha value is -3.02. The molecule has 0 bridgehead atoms. The second-order valence-electron chi connectivity index (χ2n) is 13.4. The van der Waals surface area contributed by atoms with Crippen molar-refractivity contribution in [2.24, 2.45) is 10.8 Å². The number of hydrogen-bond acceptors (Lipinski definition) is 4. The largest absolute Gasteiger partial charge is 0.412 e. The molecule has 2 aromatic rings. The Morgan fingerprint density at radius 3 is 1.81 bits per heavy atom. The molecular weight excluding hydrogens is 524 g/mol. The topological polar surface area (TPSA) is 76.7 Å². The molecule has 0 radical (unpaired) electrons. The third-order valence-electron chi connectivity index (χ3n) is 8.37. The van der Waals surface area contributed by atoms with Gasteiger partial charge in [-0.1, -0.05) is 110 Å². The number of rotatable bonds is 15. The van der Waals surface area contributed by atoms with Crippen LogP contribution in [0.5, 0.6) is 11.5 Å². The lowest BCUT2D eigenvalue weighted by atomic mass is 9.62. The molecule has 0 heterocycles. The maximum atomic E-state index is 13.0. The van der Waals surface area contributed by atoms with Gasteiger partial charge in [-0.3, -0.25) is 0 Å². The molecule has 1 fully saturated rings. The summed E-state index contributed by atoms with van der Waals surface area (Å²) in [6.45, 7) is 11.5. The van der Waals surface area contributed by atoms with E-state index in [9.17, 15) is 9.59 Å². The van der Waals surface area contributed by atoms with Crippen molar-refractivity contribution in [1.29, 1.82) is 0 Å². The minimum absolute atomic E-state index is 0.00119. The number of aryl methyl sites for hydroxylation is 2. The number of carbonyl (C=O) groups excluding carboxylic acids is 2. The average Bonchev–Trinajstić information content (AvgIpc) is 2.93. The lowest BCUT2D eigenvalue weighted by Crippen LogP contribution is -2.51. The zero-order valence-corrected chi connectivity index (χ0v) is 26.7. The number of unbranched alkanes of at least 4 members (excludes halogenated alkanes) is 6. The molecule has 1 saturated carbocycles. The number of ether oxygens (including phenoxy) is 2. The van der Waals surface area contributed by atoms with Gasteiger partial charge in [0.1, 0.15) is 11.5 Å². The number of para-hydroxylation sites is 2. The fourth-order valence-electron chi connectivity index (χ4n) is 6.69. The van der Waals surface area contributed by atoms with E-state index in [1.165, 1.54) is 38.5 Å². The summed E-state index contributed by atoms with van der Waals surface area (Å²) in [5.41, 5.74) is 1.94. The Morgan fingerprint density at radius 1 is 0.738 bits per heavy atom. The second kappa shape index (κ2) is 16.6. The molecular formula is C36H54N2O4. The minimum atomic E-state index is -0.430. The second-order valence-corrected chi connectivity index (χ2v) is 13.4. The number of amides is 2. The van der Waals surface area contributed by atoms with Crippen molar-refractivity contribution in [3.8, 4) is 11.5 Å². The van der Waals surface area contributed by atoms with Crippen molar-refractivity contribution in [2.45, 2.75) is 124 Å². The normalized spacial score (nSPS) is 19.6. The van der Waals surface area contributed by atoms with Crippen LogP contribution in [0.1, 0.15) is 116 Å². The van der Waals surface area contributed by atoms with E-state index in [2.05, 4.69) is 45.3 Å². The first-order chi connectivity index (χ1) is 20.1. The lowest BCUT2D eigenvalue weighted by Gasteiger charge is -2.46. The molecule has 0 aromatic heterocycles. The zero-order chi connectivity index (χ0) is 30.4. The molecule has 0 aliphatic heterocycles. The van der Waals surface area contributed by atoms with Crippen LogP contribution in [-0.4, -0.2) is 24.8 Å². The predicted molar refractivity (Wildman–Crippen MR) is 171 cm³/mol. The molecule has 6 heteroatoms. The van der Waals surface area contributed by atoms with Gasteiger partial charge in [0, 0.05) is 12.6 Å². The van der Waals surface area contributed by atoms with Gasteiger partial charge in [-0.25, -0.2) is 9.59 Å². The van der Waals surface area contributed by atoms with Crippen molar-refractivity contribution >= 4 is 12.2 Å². The fraction of sp³-hybridized carbons (Fsp3) is 0.611. The fourth-order valence-corrected chi connectivity index (χ4v) is 6.69. The average molecular weight is 579 g/mol. The first-order valence-corrected chi connectivity index (χ1v) is 16.2. The molecule has 42 heavy (non-hydrogen) atoms. The van der Waals surface area contributed by atoms with E-state index in [0.29, 0.717) is 18.0 Å². The maximum absolute atomic E-state index is 13.0. The SMILES string of the molecule is CCCCCCc1ccccc1OC(=O)NCC1(C)CC(NC(=O)Oc2ccccc2CCCCCC)CC(C)(C)C1. The third-order valence-corrected chi connectivity index (χ3v) is 8.37. The molecule has 2 amide bonds. The van der Waals surface area contributed by atoms with Gasteiger partial charge in [0.2, 0.25) is 0 Å². The van der Waals surface area contributed by atoms with Gasteiger partial charge in [0.05, 0.1) is 0 Å². The molecule has 2 atom stereocenters. The molecule has 0 saturated heterocycles. The van der Waals surface area contributed by atoms with Crippen molar-refractivity contribution in [1.82, 2.24) is 10.6 Å². The van der Waals surface area contributed by atoms with E-state index in [1.54, 1.807) is 0 Å². The minimum Gasteiger partial charge on any atom is -0.410 e. The molecule has 0 spiro atoms. The molecule has 6 nitrogen and oxygen atoms in total. The van der Waals surface area contributed by atoms with Gasteiger partial charge in [-0.05, 0) is 79.0 Å². The van der Waals surface area contributed by atoms with Crippen LogP contribution in [0.4, 0.5) is 9.59 Å². The number of carbonyl (C=O) groups is 2. The van der Waals surface area contributed by atoms with Gasteiger partial charge in [-0.2, -0.15) is 0 Å². The van der Waals surface area contributed by atoms with E-state index in [4.69, 9.17) is 9.47 Å². The van der Waals surface area contributed by atoms with Gasteiger partial charge >= 0.3 is 12.2 Å². The van der Waals surface area contributed by atoms with Crippen LogP contribution in [-0.2, 0) is 12.8 Å². The highest BCUT2D eigenvalue weighted by atomic mass is 16.6. The van der Waals surface area contributed by atoms with Gasteiger partial charge in [0.15, 0.2) is 0 Å². The lowest BCUT2D eigenvalue weighted by molar-refractivity contribution is 0.0701. The molecule has 2 aromatic carbocycles. The quantitative estimate of drug-likeness (QED) is 0.206. The first-order valence-electron chi connectivity index (χ1n) is 16.2. The summed E-state index contributed by atoms with van der Waals surface area (Å²) in [5.74, 6) is 1.27. The summed E-state index contributed by atoms with van der Waals surface area (Å²) < 4.78 is 11.6. The van der Waals surface area contributed by atoms with Crippen LogP contribution in [0.3, 0.4) is 0 Å². The number of benzene rings is 2. The summed E-state index contributed by atoms with van der Waals surface area (Å²) >= 11 is 0. The van der Waals surface area contributed by atoms with E-state index in [1.807, 2.05) is 48.5 Å². The van der Waals surface area contributed by atoms with Crippen LogP contribution in [0.25, 0.3) is 0 Å². The van der Waals surface area contributed by atoms with Crippen LogP contribution >= 0.6 is 0 Å². The van der Waals surface area contributed by atoms with E-state index in [-0.39, 0.29) is 16.9 Å². The predicted octanol–water partition coefficient (Wildman–Crippen LogP) is 9.39. The summed E-state index contributed by atoms with van der Waals surface area (Å²) in [6, 6.07) is 15.6. The highest BCUT2D eigenvalue weighted by Gasteiger charge is 2.42. The molecule has 1 aliphatic carbocycles. The third kappa shape index (κ3) is 11.3. The van der Waals surface area contributed by atoms with Gasteiger partial charge in [-0.15, -0.1) is 0 Å². The van der Waals surface area contributed by atoms with E-state index in [0.717, 1.165) is 56.1 Å². The summed E-state index contributed by atoms with van der Waals surface area (Å²) in [5, 5.41) is 6.17. The summed E-state index contributed by atoms with van der Waals surface area (Å²) in [6.07, 6.45) is 12.9. The molecule has 232 valence electrons. The van der Waals surface area contributed by atoms with Crippen LogP contribution in [0.2, 0.25) is 0 Å². The zero-order valence-electron chi connectivity index (χ0n) is 26.7. The first kappa shape index (κ1) is 33.5. The Kier molecular flexibility index (Phi) is 13.2. The Balaban J connectivity index is 1.55. The highest BCUT2D eigenvalue weighted by molar-refractivity contribution is 5.71. The van der Waals surface area contributed by atoms with Crippen molar-refractivity contribution in [3.05, 3.63) is 59.7 Å². The maximum Gasteiger partial charge on any atom is 0.412 e. The standard InChI is InChI=1S/C36H54N2O4/c1-6-8-10-12-18-28-20-14-16-22-31(28)41-33(39)37-27-36(5)25-30(24-35(3,4)26-36)38-34(40)42-32-23-17-15-21-29(32)19-13-11-9-7-2/h14-17,20-23,30H,6-13,18-19,24-27H2,1-5H3,(H,37,39)(H,38,40). The Morgan fingerprint density at radius 2 is 1.26 bits per heavy atom. The highest BCUT2D eigenvalue weighted by Crippen LogP contribution is 2.45. The van der Waals surface area contributed by atoms with E-state index >= 15 is 0 Å². The molecule has 2 unspecified atom stereocenters. The Bertz CT molecular complexity index is 1130. The summed E-state index contributed by atoms with van der Waals surface area (Å²) in [7, 11) is 0. The van der Waals surface area contributed by atoms with Gasteiger partial charge < -0.3 is 20.1 Å². The van der Waals surface area contributed by atoms with Crippen LogP contribution in [0.15, 0.2) is 48.5 Å². The number of hydrogen-bond donors (Lipinski definition) is 2. The van der Waals surface area contributed by atoms with Crippen LogP contribution in [0, 0.1) is 10.8 Å². The van der Waals surface area contributed by atoms with Gasteiger partial charge in [0.25, 0.3) is 0 Å². The molecule has 3 rings (SSSR count). The monoisotopic (exact) mass is 578 g/mol. The summed E-state index contributed by atoms with van der Waals surface area (Å²) in [4.78, 5) is 25.9. The smallest absolute Gasteiger partial charge is 0.410 e. The van der Waals surface area contributed by atoms with Crippen molar-refractivity contribution < 1.29 is 19.1 Å².